The molecule has 1 fully saturated rings. The molecule has 0 aliphatic carbocycles. The van der Waals surface area contributed by atoms with Crippen LogP contribution in [0, 0.1) is 11.3 Å². The molecule has 0 bridgehead atoms. The average Bonchev–Trinajstić information content (AvgIpc) is 2.52. The third-order valence-electron chi connectivity index (χ3n) is 3.43. The lowest BCUT2D eigenvalue weighted by atomic mass is 9.80. The maximum Gasteiger partial charge on any atom is 0.146 e. The van der Waals surface area contributed by atoms with Crippen molar-refractivity contribution >= 4 is 5.78 Å². The molecule has 2 heteroatoms. The molecule has 1 rings (SSSR count). The first-order valence-electron chi connectivity index (χ1n) is 6.17. The molecule has 0 N–H and O–H groups in total. The molecule has 1 heterocycles. The first-order chi connectivity index (χ1) is 6.93. The molecular weight excluding hydrogens is 186 g/mol. The van der Waals surface area contributed by atoms with Gasteiger partial charge in [-0.1, -0.05) is 27.7 Å². The zero-order valence-corrected chi connectivity index (χ0v) is 10.7. The Morgan fingerprint density at radius 2 is 2.07 bits per heavy atom. The van der Waals surface area contributed by atoms with E-state index in [-0.39, 0.29) is 0 Å². The van der Waals surface area contributed by atoms with Gasteiger partial charge in [-0.05, 0) is 30.7 Å². The number of likely N-dealkylation sites (tertiary alicyclic amines) is 1. The quantitative estimate of drug-likeness (QED) is 0.712. The van der Waals surface area contributed by atoms with Gasteiger partial charge in [-0.15, -0.1) is 0 Å². The second-order valence-corrected chi connectivity index (χ2v) is 5.88. The molecule has 0 spiro atoms. The summed E-state index contributed by atoms with van der Waals surface area (Å²) in [5, 5.41) is 0. The lowest BCUT2D eigenvalue weighted by Gasteiger charge is -2.26. The Balaban J connectivity index is 2.34. The molecule has 0 aromatic heterocycles. The van der Waals surface area contributed by atoms with E-state index in [1.54, 1.807) is 0 Å². The van der Waals surface area contributed by atoms with Gasteiger partial charge in [0.1, 0.15) is 5.78 Å². The summed E-state index contributed by atoms with van der Waals surface area (Å²) in [4.78, 5) is 13.8. The predicted molar refractivity (Wildman–Crippen MR) is 63.9 cm³/mol. The largest absolute Gasteiger partial charge is 0.298 e. The van der Waals surface area contributed by atoms with Crippen molar-refractivity contribution in [2.45, 2.75) is 47.0 Å². The molecule has 0 radical (unpaired) electrons. The van der Waals surface area contributed by atoms with Crippen molar-refractivity contribution in [1.29, 1.82) is 0 Å². The van der Waals surface area contributed by atoms with Crippen LogP contribution in [0.1, 0.15) is 47.0 Å². The van der Waals surface area contributed by atoms with E-state index < -0.39 is 0 Å². The molecule has 0 aromatic carbocycles. The predicted octanol–water partition coefficient (Wildman–Crippen LogP) is 2.72. The van der Waals surface area contributed by atoms with Crippen LogP contribution >= 0.6 is 0 Å². The summed E-state index contributed by atoms with van der Waals surface area (Å²) in [7, 11) is 0. The smallest absolute Gasteiger partial charge is 0.146 e. The maximum absolute atomic E-state index is 11.5. The summed E-state index contributed by atoms with van der Waals surface area (Å²) in [5.41, 5.74) is 0.391. The van der Waals surface area contributed by atoms with Gasteiger partial charge < -0.3 is 0 Å². The highest BCUT2D eigenvalue weighted by Crippen LogP contribution is 2.33. The molecular formula is C13H25NO. The van der Waals surface area contributed by atoms with Crippen molar-refractivity contribution in [2.24, 2.45) is 11.3 Å². The Morgan fingerprint density at radius 1 is 1.40 bits per heavy atom. The Bertz CT molecular complexity index is 217. The monoisotopic (exact) mass is 211 g/mol. The van der Waals surface area contributed by atoms with E-state index in [9.17, 15) is 4.79 Å². The summed E-state index contributed by atoms with van der Waals surface area (Å²) in [5.74, 6) is 1.17. The minimum atomic E-state index is 0.391. The topological polar surface area (TPSA) is 20.3 Å². The minimum absolute atomic E-state index is 0.391. The second kappa shape index (κ2) is 5.11. The first-order valence-corrected chi connectivity index (χ1v) is 6.17. The van der Waals surface area contributed by atoms with Crippen LogP contribution in [0.5, 0.6) is 0 Å². The number of hydrogen-bond donors (Lipinski definition) is 0. The van der Waals surface area contributed by atoms with Gasteiger partial charge in [0.2, 0.25) is 0 Å². The van der Waals surface area contributed by atoms with Crippen molar-refractivity contribution in [3.05, 3.63) is 0 Å². The van der Waals surface area contributed by atoms with Crippen molar-refractivity contribution < 1.29 is 4.79 Å². The highest BCUT2D eigenvalue weighted by molar-refractivity contribution is 5.80. The molecule has 0 aromatic rings. The maximum atomic E-state index is 11.5. The van der Waals surface area contributed by atoms with E-state index in [1.807, 2.05) is 0 Å². The lowest BCUT2D eigenvalue weighted by Crippen LogP contribution is -2.30. The SMILES string of the molecule is CCCC(=O)CN1CCC(C(C)(C)C)C1. The standard InChI is InChI=1S/C13H25NO/c1-5-6-12(15)10-14-8-7-11(9-14)13(2,3)4/h11H,5-10H2,1-4H3. The Morgan fingerprint density at radius 3 is 2.53 bits per heavy atom. The van der Waals surface area contributed by atoms with Crippen molar-refractivity contribution in [2.75, 3.05) is 19.6 Å². The van der Waals surface area contributed by atoms with E-state index >= 15 is 0 Å². The number of carbonyl (C=O) groups excluding carboxylic acids is 1. The van der Waals surface area contributed by atoms with E-state index in [0.29, 0.717) is 17.7 Å². The number of nitrogens with zero attached hydrogens (tertiary/aromatic N) is 1. The molecule has 1 aliphatic rings. The van der Waals surface area contributed by atoms with Gasteiger partial charge in [0, 0.05) is 13.0 Å². The first kappa shape index (κ1) is 12.7. The Hall–Kier alpha value is -0.370. The van der Waals surface area contributed by atoms with Gasteiger partial charge in [-0.3, -0.25) is 9.69 Å². The summed E-state index contributed by atoms with van der Waals surface area (Å²) in [6, 6.07) is 0. The highest BCUT2D eigenvalue weighted by Gasteiger charge is 2.31. The van der Waals surface area contributed by atoms with Gasteiger partial charge in [-0.2, -0.15) is 0 Å². The van der Waals surface area contributed by atoms with E-state index in [1.165, 1.54) is 6.42 Å². The number of rotatable bonds is 4. The number of Topliss-reactive ketones (excluding diaryl/α,β-unsaturated/α-hetero) is 1. The third kappa shape index (κ3) is 3.94. The van der Waals surface area contributed by atoms with Crippen LogP contribution < -0.4 is 0 Å². The zero-order valence-electron chi connectivity index (χ0n) is 10.7. The van der Waals surface area contributed by atoms with E-state index in [4.69, 9.17) is 0 Å². The molecule has 1 unspecified atom stereocenters. The summed E-state index contributed by atoms with van der Waals surface area (Å²) in [6.07, 6.45) is 2.98. The van der Waals surface area contributed by atoms with Gasteiger partial charge in [0.25, 0.3) is 0 Å². The average molecular weight is 211 g/mol. The fourth-order valence-electron chi connectivity index (χ4n) is 2.29. The molecule has 1 atom stereocenters. The van der Waals surface area contributed by atoms with E-state index in [0.717, 1.165) is 31.8 Å². The number of ketones is 1. The highest BCUT2D eigenvalue weighted by atomic mass is 16.1. The van der Waals surface area contributed by atoms with Crippen LogP contribution in [0.15, 0.2) is 0 Å². The summed E-state index contributed by atoms with van der Waals surface area (Å²) >= 11 is 0. The van der Waals surface area contributed by atoms with Gasteiger partial charge >= 0.3 is 0 Å². The number of carbonyl (C=O) groups is 1. The van der Waals surface area contributed by atoms with Crippen molar-refractivity contribution in [1.82, 2.24) is 4.90 Å². The third-order valence-corrected chi connectivity index (χ3v) is 3.43. The van der Waals surface area contributed by atoms with Crippen LogP contribution in [0.2, 0.25) is 0 Å². The van der Waals surface area contributed by atoms with Crippen LogP contribution in [-0.4, -0.2) is 30.3 Å². The van der Waals surface area contributed by atoms with Gasteiger partial charge in [0.15, 0.2) is 0 Å². The van der Waals surface area contributed by atoms with Gasteiger partial charge in [0.05, 0.1) is 6.54 Å². The minimum Gasteiger partial charge on any atom is -0.298 e. The van der Waals surface area contributed by atoms with Crippen LogP contribution in [0.3, 0.4) is 0 Å². The van der Waals surface area contributed by atoms with Crippen LogP contribution in [0.25, 0.3) is 0 Å². The molecule has 2 nitrogen and oxygen atoms in total. The lowest BCUT2D eigenvalue weighted by molar-refractivity contribution is -0.120. The van der Waals surface area contributed by atoms with Crippen LogP contribution in [-0.2, 0) is 4.79 Å². The fraction of sp³-hybridized carbons (Fsp3) is 0.923. The van der Waals surface area contributed by atoms with Gasteiger partial charge in [-0.25, -0.2) is 0 Å². The molecule has 1 aliphatic heterocycles. The zero-order chi connectivity index (χ0) is 11.5. The summed E-state index contributed by atoms with van der Waals surface area (Å²) < 4.78 is 0. The molecule has 15 heavy (non-hydrogen) atoms. The Kier molecular flexibility index (Phi) is 4.32. The van der Waals surface area contributed by atoms with E-state index in [2.05, 4.69) is 32.6 Å². The second-order valence-electron chi connectivity index (χ2n) is 5.88. The van der Waals surface area contributed by atoms with Crippen molar-refractivity contribution in [3.8, 4) is 0 Å². The fourth-order valence-corrected chi connectivity index (χ4v) is 2.29. The normalized spacial score (nSPS) is 23.3. The van der Waals surface area contributed by atoms with Crippen LogP contribution in [0.4, 0.5) is 0 Å². The molecule has 0 amide bonds. The summed E-state index contributed by atoms with van der Waals surface area (Å²) in [6.45, 7) is 11.9. The molecule has 1 saturated heterocycles. The van der Waals surface area contributed by atoms with Crippen molar-refractivity contribution in [3.63, 3.8) is 0 Å². The number of hydrogen-bond acceptors (Lipinski definition) is 2. The molecule has 0 saturated carbocycles. The molecule has 88 valence electrons. The Labute approximate surface area is 94.0 Å².